The second-order valence-electron chi connectivity index (χ2n) is 4.26. The van der Waals surface area contributed by atoms with Crippen molar-refractivity contribution in [2.24, 2.45) is 0 Å². The van der Waals surface area contributed by atoms with E-state index in [9.17, 15) is 9.18 Å². The molecule has 0 saturated carbocycles. The quantitative estimate of drug-likeness (QED) is 0.848. The minimum absolute atomic E-state index is 0.0701. The molecule has 1 aromatic carbocycles. The Labute approximate surface area is 120 Å². The lowest BCUT2D eigenvalue weighted by atomic mass is 10.2. The number of rotatable bonds is 3. The van der Waals surface area contributed by atoms with Gasteiger partial charge in [0.15, 0.2) is 0 Å². The molecule has 0 radical (unpaired) electrons. The van der Waals surface area contributed by atoms with Crippen LogP contribution in [0.4, 0.5) is 10.1 Å². The molecule has 0 saturated heterocycles. The van der Waals surface area contributed by atoms with Crippen molar-refractivity contribution in [3.8, 4) is 11.8 Å². The van der Waals surface area contributed by atoms with E-state index in [4.69, 9.17) is 9.63 Å². The topological polar surface area (TPSA) is 75.4 Å². The van der Waals surface area contributed by atoms with Gasteiger partial charge < -0.3 is 14.9 Å². The number of carbonyl (C=O) groups is 1. The Kier molecular flexibility index (Phi) is 4.69. The summed E-state index contributed by atoms with van der Waals surface area (Å²) in [5, 5.41) is 14.6. The summed E-state index contributed by atoms with van der Waals surface area (Å²) in [6, 6.07) is 4.17. The minimum atomic E-state index is -0.549. The molecular weight excluding hydrogens is 275 g/mol. The first kappa shape index (κ1) is 14.8. The van der Waals surface area contributed by atoms with E-state index in [0.717, 1.165) is 0 Å². The predicted molar refractivity (Wildman–Crippen MR) is 74.2 cm³/mol. The Morgan fingerprint density at radius 2 is 2.33 bits per heavy atom. The first-order valence-corrected chi connectivity index (χ1v) is 6.23. The molecule has 2 rings (SSSR count). The standard InChI is InChI=1S/C15H13FN2O3/c1-10-9-17-21-14(10)15(20)18-12-6-5-11(13(16)8-12)4-2-3-7-19/h5-6,8-9,19H,3,7H2,1H3,(H,18,20). The lowest BCUT2D eigenvalue weighted by Gasteiger charge is -2.04. The van der Waals surface area contributed by atoms with Crippen LogP contribution in [0.15, 0.2) is 28.9 Å². The van der Waals surface area contributed by atoms with Crippen LogP contribution in [0, 0.1) is 24.6 Å². The second-order valence-corrected chi connectivity index (χ2v) is 4.26. The fourth-order valence-electron chi connectivity index (χ4n) is 1.60. The number of aliphatic hydroxyl groups excluding tert-OH is 1. The maximum absolute atomic E-state index is 13.8. The van der Waals surface area contributed by atoms with Gasteiger partial charge in [-0.1, -0.05) is 17.0 Å². The molecule has 0 aliphatic rings. The Morgan fingerprint density at radius 1 is 1.52 bits per heavy atom. The zero-order valence-electron chi connectivity index (χ0n) is 11.3. The summed E-state index contributed by atoms with van der Waals surface area (Å²) in [4.78, 5) is 11.9. The fourth-order valence-corrected chi connectivity index (χ4v) is 1.60. The van der Waals surface area contributed by atoms with Crippen LogP contribution in [0.25, 0.3) is 0 Å². The Hall–Kier alpha value is -2.65. The van der Waals surface area contributed by atoms with Gasteiger partial charge in [-0.3, -0.25) is 4.79 Å². The number of halogens is 1. The number of nitrogens with one attached hydrogen (secondary N) is 1. The Bertz CT molecular complexity index is 713. The highest BCUT2D eigenvalue weighted by atomic mass is 19.1. The molecule has 0 spiro atoms. The van der Waals surface area contributed by atoms with Crippen LogP contribution in [0.2, 0.25) is 0 Å². The average Bonchev–Trinajstić information content (AvgIpc) is 2.88. The molecule has 2 N–H and O–H groups in total. The van der Waals surface area contributed by atoms with Gasteiger partial charge in [0.05, 0.1) is 18.4 Å². The summed E-state index contributed by atoms with van der Waals surface area (Å²) in [7, 11) is 0. The van der Waals surface area contributed by atoms with Gasteiger partial charge in [-0.05, 0) is 25.1 Å². The van der Waals surface area contributed by atoms with Gasteiger partial charge in [0.25, 0.3) is 5.91 Å². The second kappa shape index (κ2) is 6.68. The number of aliphatic hydroxyl groups is 1. The normalized spacial score (nSPS) is 9.86. The number of aromatic nitrogens is 1. The van der Waals surface area contributed by atoms with E-state index in [2.05, 4.69) is 22.3 Å². The van der Waals surface area contributed by atoms with Crippen molar-refractivity contribution in [1.82, 2.24) is 5.16 Å². The molecule has 0 fully saturated rings. The average molecular weight is 288 g/mol. The highest BCUT2D eigenvalue weighted by molar-refractivity contribution is 6.03. The van der Waals surface area contributed by atoms with E-state index >= 15 is 0 Å². The van der Waals surface area contributed by atoms with Gasteiger partial charge in [-0.25, -0.2) is 4.39 Å². The number of anilines is 1. The van der Waals surface area contributed by atoms with E-state index < -0.39 is 11.7 Å². The van der Waals surface area contributed by atoms with Crippen LogP contribution >= 0.6 is 0 Å². The molecule has 0 atom stereocenters. The summed E-state index contributed by atoms with van der Waals surface area (Å²) in [5.74, 6) is 4.28. The van der Waals surface area contributed by atoms with Crippen LogP contribution in [-0.2, 0) is 0 Å². The molecular formula is C15H13FN2O3. The van der Waals surface area contributed by atoms with Crippen LogP contribution in [0.3, 0.4) is 0 Å². The molecule has 2 aromatic rings. The van der Waals surface area contributed by atoms with E-state index in [1.54, 1.807) is 6.92 Å². The van der Waals surface area contributed by atoms with Crippen molar-refractivity contribution in [2.75, 3.05) is 11.9 Å². The molecule has 6 heteroatoms. The number of nitrogens with zero attached hydrogens (tertiary/aromatic N) is 1. The highest BCUT2D eigenvalue weighted by Crippen LogP contribution is 2.16. The summed E-state index contributed by atoms with van der Waals surface area (Å²) < 4.78 is 18.6. The van der Waals surface area contributed by atoms with Crippen molar-refractivity contribution in [3.05, 3.63) is 47.1 Å². The number of hydrogen-bond acceptors (Lipinski definition) is 4. The lowest BCUT2D eigenvalue weighted by molar-refractivity contribution is 0.0987. The maximum atomic E-state index is 13.8. The first-order chi connectivity index (χ1) is 10.1. The van der Waals surface area contributed by atoms with Crippen molar-refractivity contribution in [3.63, 3.8) is 0 Å². The Balaban J connectivity index is 2.12. The molecule has 0 aliphatic carbocycles. The number of hydrogen-bond donors (Lipinski definition) is 2. The number of carbonyl (C=O) groups excluding carboxylic acids is 1. The summed E-state index contributed by atoms with van der Waals surface area (Å²) >= 11 is 0. The predicted octanol–water partition coefficient (Wildman–Crippen LogP) is 2.11. The molecule has 0 aliphatic heterocycles. The van der Waals surface area contributed by atoms with E-state index in [1.165, 1.54) is 24.4 Å². The molecule has 0 unspecified atom stereocenters. The monoisotopic (exact) mass is 288 g/mol. The SMILES string of the molecule is Cc1cnoc1C(=O)Nc1ccc(C#CCCO)c(F)c1. The van der Waals surface area contributed by atoms with E-state index in [1.807, 2.05) is 0 Å². The van der Waals surface area contributed by atoms with Crippen molar-refractivity contribution < 1.29 is 18.8 Å². The number of benzene rings is 1. The van der Waals surface area contributed by atoms with E-state index in [-0.39, 0.29) is 24.4 Å². The molecule has 1 aromatic heterocycles. The first-order valence-electron chi connectivity index (χ1n) is 6.23. The summed E-state index contributed by atoms with van der Waals surface area (Å²) in [6.07, 6.45) is 1.71. The van der Waals surface area contributed by atoms with Crippen LogP contribution in [-0.4, -0.2) is 22.8 Å². The van der Waals surface area contributed by atoms with Gasteiger partial charge >= 0.3 is 0 Å². The lowest BCUT2D eigenvalue weighted by Crippen LogP contribution is -2.12. The molecule has 21 heavy (non-hydrogen) atoms. The van der Waals surface area contributed by atoms with E-state index in [0.29, 0.717) is 11.3 Å². The highest BCUT2D eigenvalue weighted by Gasteiger charge is 2.14. The smallest absolute Gasteiger partial charge is 0.294 e. The van der Waals surface area contributed by atoms with Crippen LogP contribution in [0.1, 0.15) is 28.1 Å². The van der Waals surface area contributed by atoms with Crippen molar-refractivity contribution in [1.29, 1.82) is 0 Å². The molecule has 0 bridgehead atoms. The maximum Gasteiger partial charge on any atom is 0.294 e. The van der Waals surface area contributed by atoms with Crippen LogP contribution < -0.4 is 5.32 Å². The molecule has 5 nitrogen and oxygen atoms in total. The third-order valence-electron chi connectivity index (χ3n) is 2.64. The molecule has 108 valence electrons. The molecule has 1 heterocycles. The fraction of sp³-hybridized carbons (Fsp3) is 0.200. The van der Waals surface area contributed by atoms with Gasteiger partial charge in [-0.15, -0.1) is 0 Å². The largest absolute Gasteiger partial charge is 0.395 e. The minimum Gasteiger partial charge on any atom is -0.395 e. The van der Waals surface area contributed by atoms with Gasteiger partial charge in [0.2, 0.25) is 5.76 Å². The van der Waals surface area contributed by atoms with Gasteiger partial charge in [0, 0.05) is 17.7 Å². The molecule has 1 amide bonds. The Morgan fingerprint density at radius 3 is 2.95 bits per heavy atom. The summed E-state index contributed by atoms with van der Waals surface area (Å²) in [5.41, 5.74) is 1.10. The van der Waals surface area contributed by atoms with Crippen molar-refractivity contribution in [2.45, 2.75) is 13.3 Å². The summed E-state index contributed by atoms with van der Waals surface area (Å²) in [6.45, 7) is 1.62. The zero-order valence-corrected chi connectivity index (χ0v) is 11.3. The third-order valence-corrected chi connectivity index (χ3v) is 2.64. The number of aryl methyl sites for hydroxylation is 1. The van der Waals surface area contributed by atoms with Gasteiger partial charge in [-0.2, -0.15) is 0 Å². The van der Waals surface area contributed by atoms with Crippen LogP contribution in [0.5, 0.6) is 0 Å². The van der Waals surface area contributed by atoms with Crippen molar-refractivity contribution >= 4 is 11.6 Å². The number of amides is 1. The third kappa shape index (κ3) is 3.68. The zero-order chi connectivity index (χ0) is 15.2. The van der Waals surface area contributed by atoms with Gasteiger partial charge in [0.1, 0.15) is 5.82 Å².